The first-order chi connectivity index (χ1) is 15.9. The number of rotatable bonds is 5. The van der Waals surface area contributed by atoms with Crippen LogP contribution in [0.2, 0.25) is 0 Å². The average molecular weight is 462 g/mol. The fourth-order valence-electron chi connectivity index (χ4n) is 4.28. The minimum Gasteiger partial charge on any atom is -0.293 e. The topological polar surface area (TPSA) is 71.3 Å². The monoisotopic (exact) mass is 461 g/mol. The second-order valence-corrected chi connectivity index (χ2v) is 10.5. The molecular weight excluding hydrogens is 434 g/mol. The Balaban J connectivity index is 1.37. The van der Waals surface area contributed by atoms with Crippen LogP contribution in [0.15, 0.2) is 71.8 Å². The van der Waals surface area contributed by atoms with Gasteiger partial charge in [-0.2, -0.15) is 4.31 Å². The van der Waals surface area contributed by atoms with E-state index in [9.17, 15) is 8.42 Å². The van der Waals surface area contributed by atoms with Gasteiger partial charge < -0.3 is 0 Å². The molecule has 0 spiro atoms. The summed E-state index contributed by atoms with van der Waals surface area (Å²) in [4.78, 5) is 12.1. The SMILES string of the molecule is Cc1ccc(-n2c(CN3CCN(S(=O)(=O)c4cccc(C)c4)CC3)nc3cccnc32)cc1. The molecule has 0 unspecified atom stereocenters. The molecule has 0 aliphatic carbocycles. The van der Waals surface area contributed by atoms with Gasteiger partial charge in [0.15, 0.2) is 5.65 Å². The highest BCUT2D eigenvalue weighted by Crippen LogP contribution is 2.23. The molecule has 0 radical (unpaired) electrons. The molecule has 1 fully saturated rings. The van der Waals surface area contributed by atoms with Crippen LogP contribution in [0.5, 0.6) is 0 Å². The Morgan fingerprint density at radius 2 is 1.64 bits per heavy atom. The first-order valence-corrected chi connectivity index (χ1v) is 12.5. The summed E-state index contributed by atoms with van der Waals surface area (Å²) in [5.74, 6) is 0.905. The second-order valence-electron chi connectivity index (χ2n) is 8.54. The summed E-state index contributed by atoms with van der Waals surface area (Å²) in [5.41, 5.74) is 4.85. The van der Waals surface area contributed by atoms with Crippen molar-refractivity contribution in [3.05, 3.63) is 83.8 Å². The predicted octanol–water partition coefficient (Wildman–Crippen LogP) is 3.54. The molecule has 33 heavy (non-hydrogen) atoms. The zero-order valence-corrected chi connectivity index (χ0v) is 19.7. The molecule has 0 bridgehead atoms. The summed E-state index contributed by atoms with van der Waals surface area (Å²) >= 11 is 0. The molecule has 4 aromatic rings. The van der Waals surface area contributed by atoms with Crippen molar-refractivity contribution in [1.82, 2.24) is 23.7 Å². The van der Waals surface area contributed by atoms with E-state index in [0.29, 0.717) is 37.6 Å². The molecule has 0 amide bonds. The molecule has 2 aromatic carbocycles. The van der Waals surface area contributed by atoms with E-state index in [0.717, 1.165) is 28.2 Å². The maximum atomic E-state index is 13.1. The van der Waals surface area contributed by atoms with Gasteiger partial charge in [0.1, 0.15) is 11.3 Å². The van der Waals surface area contributed by atoms with Crippen LogP contribution in [0.4, 0.5) is 0 Å². The molecular formula is C25H27N5O2S. The van der Waals surface area contributed by atoms with Crippen LogP contribution >= 0.6 is 0 Å². The Kier molecular flexibility index (Phi) is 5.74. The molecule has 1 saturated heterocycles. The van der Waals surface area contributed by atoms with Gasteiger partial charge in [-0.3, -0.25) is 9.47 Å². The maximum Gasteiger partial charge on any atom is 0.243 e. The molecule has 0 atom stereocenters. The maximum absolute atomic E-state index is 13.1. The lowest BCUT2D eigenvalue weighted by Gasteiger charge is -2.33. The van der Waals surface area contributed by atoms with Crippen molar-refractivity contribution < 1.29 is 8.42 Å². The largest absolute Gasteiger partial charge is 0.293 e. The van der Waals surface area contributed by atoms with E-state index in [-0.39, 0.29) is 0 Å². The molecule has 3 heterocycles. The third kappa shape index (κ3) is 4.29. The van der Waals surface area contributed by atoms with Gasteiger partial charge in [-0.15, -0.1) is 0 Å². The van der Waals surface area contributed by atoms with Gasteiger partial charge in [0.2, 0.25) is 10.0 Å². The highest BCUT2D eigenvalue weighted by atomic mass is 32.2. The van der Waals surface area contributed by atoms with Crippen molar-refractivity contribution >= 4 is 21.2 Å². The number of nitrogens with zero attached hydrogens (tertiary/aromatic N) is 5. The van der Waals surface area contributed by atoms with Crippen LogP contribution in [0, 0.1) is 13.8 Å². The van der Waals surface area contributed by atoms with Gasteiger partial charge in [-0.25, -0.2) is 18.4 Å². The fraction of sp³-hybridized carbons (Fsp3) is 0.280. The van der Waals surface area contributed by atoms with E-state index in [2.05, 4.69) is 45.6 Å². The summed E-state index contributed by atoms with van der Waals surface area (Å²) in [7, 11) is -3.48. The van der Waals surface area contributed by atoms with Gasteiger partial charge in [0, 0.05) is 38.1 Å². The van der Waals surface area contributed by atoms with Crippen molar-refractivity contribution in [1.29, 1.82) is 0 Å². The summed E-state index contributed by atoms with van der Waals surface area (Å²) < 4.78 is 29.8. The minimum absolute atomic E-state index is 0.364. The summed E-state index contributed by atoms with van der Waals surface area (Å²) in [6, 6.07) is 19.3. The van der Waals surface area contributed by atoms with E-state index in [4.69, 9.17) is 4.98 Å². The first-order valence-electron chi connectivity index (χ1n) is 11.1. The number of piperazine rings is 1. The Morgan fingerprint density at radius 3 is 2.36 bits per heavy atom. The number of aromatic nitrogens is 3. The molecule has 0 N–H and O–H groups in total. The highest BCUT2D eigenvalue weighted by Gasteiger charge is 2.29. The number of aryl methyl sites for hydroxylation is 2. The number of imidazole rings is 1. The number of sulfonamides is 1. The van der Waals surface area contributed by atoms with E-state index in [1.165, 1.54) is 5.56 Å². The van der Waals surface area contributed by atoms with Crippen LogP contribution in [0.3, 0.4) is 0 Å². The number of hydrogen-bond donors (Lipinski definition) is 0. The molecule has 2 aromatic heterocycles. The minimum atomic E-state index is -3.48. The van der Waals surface area contributed by atoms with Crippen LogP contribution in [-0.4, -0.2) is 58.3 Å². The number of fused-ring (bicyclic) bond motifs is 1. The van der Waals surface area contributed by atoms with Gasteiger partial charge in [-0.1, -0.05) is 29.8 Å². The van der Waals surface area contributed by atoms with Gasteiger partial charge in [0.25, 0.3) is 0 Å². The molecule has 5 rings (SSSR count). The first kappa shape index (κ1) is 21.8. The lowest BCUT2D eigenvalue weighted by Crippen LogP contribution is -2.48. The molecule has 8 heteroatoms. The van der Waals surface area contributed by atoms with Crippen molar-refractivity contribution in [3.63, 3.8) is 0 Å². The predicted molar refractivity (Wildman–Crippen MR) is 129 cm³/mol. The lowest BCUT2D eigenvalue weighted by atomic mass is 10.2. The molecule has 170 valence electrons. The second kappa shape index (κ2) is 8.70. The van der Waals surface area contributed by atoms with Crippen molar-refractivity contribution in [3.8, 4) is 5.69 Å². The fourth-order valence-corrected chi connectivity index (χ4v) is 5.81. The van der Waals surface area contributed by atoms with Crippen molar-refractivity contribution in [2.24, 2.45) is 0 Å². The quantitative estimate of drug-likeness (QED) is 0.455. The van der Waals surface area contributed by atoms with Gasteiger partial charge in [0.05, 0.1) is 11.4 Å². The highest BCUT2D eigenvalue weighted by molar-refractivity contribution is 7.89. The van der Waals surface area contributed by atoms with Crippen LogP contribution < -0.4 is 0 Å². The standard InChI is InChI=1S/C25H27N5O2S/c1-19-8-10-21(11-9-19)30-24(27-23-7-4-12-26-25(23)30)18-28-13-15-29(16-14-28)33(31,32)22-6-3-5-20(2)17-22/h3-12,17H,13-16,18H2,1-2H3. The molecule has 1 aliphatic rings. The summed E-state index contributed by atoms with van der Waals surface area (Å²) in [6.45, 7) is 6.82. The Bertz CT molecular complexity index is 1390. The Labute approximate surface area is 194 Å². The van der Waals surface area contributed by atoms with E-state index in [1.807, 2.05) is 25.1 Å². The zero-order chi connectivity index (χ0) is 23.0. The van der Waals surface area contributed by atoms with Crippen LogP contribution in [0.25, 0.3) is 16.9 Å². The van der Waals surface area contributed by atoms with Crippen LogP contribution in [0.1, 0.15) is 17.0 Å². The molecule has 1 aliphatic heterocycles. The van der Waals surface area contributed by atoms with Gasteiger partial charge >= 0.3 is 0 Å². The molecule has 7 nitrogen and oxygen atoms in total. The third-order valence-corrected chi connectivity index (χ3v) is 8.00. The average Bonchev–Trinajstić information content (AvgIpc) is 3.18. The lowest BCUT2D eigenvalue weighted by molar-refractivity contribution is 0.177. The number of hydrogen-bond acceptors (Lipinski definition) is 5. The summed E-state index contributed by atoms with van der Waals surface area (Å²) in [6.07, 6.45) is 1.79. The molecule has 0 saturated carbocycles. The zero-order valence-electron chi connectivity index (χ0n) is 18.8. The Morgan fingerprint density at radius 1 is 0.879 bits per heavy atom. The van der Waals surface area contributed by atoms with E-state index in [1.54, 1.807) is 28.7 Å². The number of benzene rings is 2. The van der Waals surface area contributed by atoms with Crippen LogP contribution in [-0.2, 0) is 16.6 Å². The smallest absolute Gasteiger partial charge is 0.243 e. The van der Waals surface area contributed by atoms with Crippen molar-refractivity contribution in [2.45, 2.75) is 25.3 Å². The van der Waals surface area contributed by atoms with Crippen molar-refractivity contribution in [2.75, 3.05) is 26.2 Å². The Hall–Kier alpha value is -3.07. The van der Waals surface area contributed by atoms with Gasteiger partial charge in [-0.05, 0) is 55.8 Å². The van der Waals surface area contributed by atoms with E-state index >= 15 is 0 Å². The summed E-state index contributed by atoms with van der Waals surface area (Å²) in [5, 5.41) is 0. The third-order valence-electron chi connectivity index (χ3n) is 6.10. The number of pyridine rings is 1. The van der Waals surface area contributed by atoms with E-state index < -0.39 is 10.0 Å². The normalized spacial score (nSPS) is 15.8.